The number of hydrogen-bond donors (Lipinski definition) is 1. The van der Waals surface area contributed by atoms with Crippen molar-refractivity contribution in [2.24, 2.45) is 0 Å². The zero-order chi connectivity index (χ0) is 14.1. The summed E-state index contributed by atoms with van der Waals surface area (Å²) < 4.78 is 0. The molecule has 0 bridgehead atoms. The van der Waals surface area contributed by atoms with E-state index in [1.807, 2.05) is 0 Å². The molecule has 0 amide bonds. The molecular weight excluding hydrogens is 266 g/mol. The second-order valence-corrected chi connectivity index (χ2v) is 6.96. The van der Waals surface area contributed by atoms with E-state index in [9.17, 15) is 0 Å². The molecule has 1 N–H and O–H groups in total. The van der Waals surface area contributed by atoms with Gasteiger partial charge in [-0.05, 0) is 39.2 Å². The van der Waals surface area contributed by atoms with Gasteiger partial charge in [-0.3, -0.25) is 0 Å². The zero-order valence-corrected chi connectivity index (χ0v) is 13.4. The van der Waals surface area contributed by atoms with Crippen LogP contribution >= 0.6 is 11.3 Å². The molecule has 0 spiro atoms. The molecule has 1 aliphatic rings. The molecule has 2 aromatic heterocycles. The van der Waals surface area contributed by atoms with Crippen LogP contribution in [0.1, 0.15) is 61.2 Å². The Hall–Kier alpha value is -1.16. The SMILES string of the molecule is CCNc1nc(C2CCCCC2)nc2sc(C)c(C)c12. The minimum Gasteiger partial charge on any atom is -0.370 e. The van der Waals surface area contributed by atoms with Crippen LogP contribution in [0, 0.1) is 13.8 Å². The number of hydrogen-bond acceptors (Lipinski definition) is 4. The van der Waals surface area contributed by atoms with Gasteiger partial charge in [-0.1, -0.05) is 19.3 Å². The lowest BCUT2D eigenvalue weighted by molar-refractivity contribution is 0.430. The van der Waals surface area contributed by atoms with Crippen molar-refractivity contribution < 1.29 is 0 Å². The number of aryl methyl sites for hydroxylation is 2. The van der Waals surface area contributed by atoms with E-state index in [0.29, 0.717) is 5.92 Å². The molecule has 0 atom stereocenters. The molecule has 1 fully saturated rings. The standard InChI is InChI=1S/C16H23N3S/c1-4-17-15-13-10(2)11(3)20-16(13)19-14(18-15)12-8-6-5-7-9-12/h12H,4-9H2,1-3H3,(H,17,18,19). The van der Waals surface area contributed by atoms with E-state index in [1.165, 1.54) is 47.9 Å². The predicted molar refractivity (Wildman–Crippen MR) is 86.9 cm³/mol. The minimum absolute atomic E-state index is 0.563. The van der Waals surface area contributed by atoms with Crippen LogP contribution in [0.25, 0.3) is 10.2 Å². The fraction of sp³-hybridized carbons (Fsp3) is 0.625. The van der Waals surface area contributed by atoms with E-state index in [1.54, 1.807) is 11.3 Å². The summed E-state index contributed by atoms with van der Waals surface area (Å²) in [6, 6.07) is 0. The van der Waals surface area contributed by atoms with Gasteiger partial charge < -0.3 is 5.32 Å². The summed E-state index contributed by atoms with van der Waals surface area (Å²) in [6.45, 7) is 7.39. The molecule has 4 heteroatoms. The van der Waals surface area contributed by atoms with Gasteiger partial charge in [0.2, 0.25) is 0 Å². The summed E-state index contributed by atoms with van der Waals surface area (Å²) in [6.07, 6.45) is 6.52. The van der Waals surface area contributed by atoms with E-state index in [2.05, 4.69) is 26.1 Å². The van der Waals surface area contributed by atoms with Gasteiger partial charge in [0.05, 0.1) is 5.39 Å². The highest BCUT2D eigenvalue weighted by atomic mass is 32.1. The van der Waals surface area contributed by atoms with Crippen molar-refractivity contribution in [2.45, 2.75) is 58.8 Å². The molecule has 2 heterocycles. The van der Waals surface area contributed by atoms with Gasteiger partial charge in [0.15, 0.2) is 0 Å². The van der Waals surface area contributed by atoms with Gasteiger partial charge in [0.1, 0.15) is 16.5 Å². The van der Waals surface area contributed by atoms with Gasteiger partial charge in [-0.2, -0.15) is 0 Å². The Labute approximate surface area is 124 Å². The molecule has 108 valence electrons. The molecule has 0 unspecified atom stereocenters. The van der Waals surface area contributed by atoms with Crippen LogP contribution in [-0.4, -0.2) is 16.5 Å². The number of nitrogens with zero attached hydrogens (tertiary/aromatic N) is 2. The monoisotopic (exact) mass is 289 g/mol. The van der Waals surface area contributed by atoms with Crippen LogP contribution < -0.4 is 5.32 Å². The molecule has 1 saturated carbocycles. The highest BCUT2D eigenvalue weighted by molar-refractivity contribution is 7.18. The third-order valence-corrected chi connectivity index (χ3v) is 5.46. The number of nitrogens with one attached hydrogen (secondary N) is 1. The maximum Gasteiger partial charge on any atom is 0.138 e. The van der Waals surface area contributed by atoms with Crippen molar-refractivity contribution in [3.8, 4) is 0 Å². The van der Waals surface area contributed by atoms with E-state index in [-0.39, 0.29) is 0 Å². The summed E-state index contributed by atoms with van der Waals surface area (Å²) in [7, 11) is 0. The van der Waals surface area contributed by atoms with Crippen LogP contribution in [0.4, 0.5) is 5.82 Å². The Morgan fingerprint density at radius 1 is 1.15 bits per heavy atom. The maximum atomic E-state index is 4.89. The van der Waals surface area contributed by atoms with E-state index in [0.717, 1.165) is 23.0 Å². The average molecular weight is 289 g/mol. The smallest absolute Gasteiger partial charge is 0.138 e. The number of aromatic nitrogens is 2. The molecule has 3 nitrogen and oxygen atoms in total. The summed E-state index contributed by atoms with van der Waals surface area (Å²) in [4.78, 5) is 12.3. The van der Waals surface area contributed by atoms with Gasteiger partial charge in [0.25, 0.3) is 0 Å². The van der Waals surface area contributed by atoms with E-state index in [4.69, 9.17) is 9.97 Å². The summed E-state index contributed by atoms with van der Waals surface area (Å²) in [5.74, 6) is 2.67. The Bertz CT molecular complexity index is 612. The third kappa shape index (κ3) is 2.41. The zero-order valence-electron chi connectivity index (χ0n) is 12.6. The van der Waals surface area contributed by atoms with Gasteiger partial charge in [0, 0.05) is 17.3 Å². The molecule has 0 aliphatic heterocycles. The largest absolute Gasteiger partial charge is 0.370 e. The Morgan fingerprint density at radius 3 is 2.60 bits per heavy atom. The van der Waals surface area contributed by atoms with Crippen LogP contribution in [0.15, 0.2) is 0 Å². The second-order valence-electron chi connectivity index (χ2n) is 5.76. The Morgan fingerprint density at radius 2 is 1.90 bits per heavy atom. The number of thiophene rings is 1. The van der Waals surface area contributed by atoms with Gasteiger partial charge >= 0.3 is 0 Å². The molecule has 1 aliphatic carbocycles. The first-order valence-corrected chi connectivity index (χ1v) is 8.54. The topological polar surface area (TPSA) is 37.8 Å². The molecule has 0 saturated heterocycles. The molecule has 2 aromatic rings. The molecule has 0 aromatic carbocycles. The van der Waals surface area contributed by atoms with Crippen LogP contribution in [0.2, 0.25) is 0 Å². The quantitative estimate of drug-likeness (QED) is 0.883. The lowest BCUT2D eigenvalue weighted by Gasteiger charge is -2.21. The first-order valence-electron chi connectivity index (χ1n) is 7.72. The van der Waals surface area contributed by atoms with Gasteiger partial charge in [-0.25, -0.2) is 9.97 Å². The summed E-state index contributed by atoms with van der Waals surface area (Å²) >= 11 is 1.81. The first kappa shape index (κ1) is 13.8. The Balaban J connectivity index is 2.10. The fourth-order valence-electron chi connectivity index (χ4n) is 3.10. The van der Waals surface area contributed by atoms with Crippen LogP contribution in [0.3, 0.4) is 0 Å². The normalized spacial score (nSPS) is 16.8. The number of anilines is 1. The minimum atomic E-state index is 0.563. The fourth-order valence-corrected chi connectivity index (χ4v) is 4.14. The lowest BCUT2D eigenvalue weighted by Crippen LogP contribution is -2.11. The maximum absolute atomic E-state index is 4.89. The van der Waals surface area contributed by atoms with Crippen molar-refractivity contribution in [1.29, 1.82) is 0 Å². The second kappa shape index (κ2) is 5.68. The van der Waals surface area contributed by atoms with Crippen molar-refractivity contribution >= 4 is 27.4 Å². The number of fused-ring (bicyclic) bond motifs is 1. The van der Waals surface area contributed by atoms with Crippen LogP contribution in [-0.2, 0) is 0 Å². The van der Waals surface area contributed by atoms with Crippen molar-refractivity contribution in [3.63, 3.8) is 0 Å². The first-order chi connectivity index (χ1) is 9.70. The average Bonchev–Trinajstić information content (AvgIpc) is 2.75. The molecule has 3 rings (SSSR count). The highest BCUT2D eigenvalue weighted by Crippen LogP contribution is 2.37. The van der Waals surface area contributed by atoms with E-state index < -0.39 is 0 Å². The summed E-state index contributed by atoms with van der Waals surface area (Å²) in [5.41, 5.74) is 1.33. The number of rotatable bonds is 3. The molecular formula is C16H23N3S. The van der Waals surface area contributed by atoms with Gasteiger partial charge in [-0.15, -0.1) is 11.3 Å². The summed E-state index contributed by atoms with van der Waals surface area (Å²) in [5, 5.41) is 4.67. The van der Waals surface area contributed by atoms with Crippen LogP contribution in [0.5, 0.6) is 0 Å². The van der Waals surface area contributed by atoms with Crippen molar-refractivity contribution in [2.75, 3.05) is 11.9 Å². The third-order valence-electron chi connectivity index (χ3n) is 4.36. The predicted octanol–water partition coefficient (Wildman–Crippen LogP) is 4.79. The lowest BCUT2D eigenvalue weighted by atomic mass is 9.88. The van der Waals surface area contributed by atoms with Crippen molar-refractivity contribution in [1.82, 2.24) is 9.97 Å². The molecule has 20 heavy (non-hydrogen) atoms. The highest BCUT2D eigenvalue weighted by Gasteiger charge is 2.21. The van der Waals surface area contributed by atoms with E-state index >= 15 is 0 Å². The molecule has 0 radical (unpaired) electrons. The Kier molecular flexibility index (Phi) is 3.92. The van der Waals surface area contributed by atoms with Crippen molar-refractivity contribution in [3.05, 3.63) is 16.3 Å².